The monoisotopic (exact) mass is 439 g/mol. The molecule has 3 atom stereocenters. The zero-order chi connectivity index (χ0) is 22.1. The smallest absolute Gasteiger partial charge is 0.348 e. The van der Waals surface area contributed by atoms with Crippen LogP contribution < -0.4 is 4.57 Å². The number of para-hydroxylation sites is 2. The van der Waals surface area contributed by atoms with Crippen LogP contribution in [-0.4, -0.2) is 16.6 Å². The molecule has 1 aromatic heterocycles. The van der Waals surface area contributed by atoms with E-state index in [-0.39, 0.29) is 18.6 Å². The van der Waals surface area contributed by atoms with Gasteiger partial charge in [0.25, 0.3) is 5.82 Å². The molecule has 0 N–H and O–H groups in total. The van der Waals surface area contributed by atoms with Gasteiger partial charge in [-0.15, -0.1) is 0 Å². The Morgan fingerprint density at radius 2 is 1.97 bits per heavy atom. The second kappa shape index (κ2) is 9.04. The molecule has 4 rings (SSSR count). The van der Waals surface area contributed by atoms with Crippen molar-refractivity contribution in [3.05, 3.63) is 53.6 Å². The summed E-state index contributed by atoms with van der Waals surface area (Å²) in [7, 11) is 2.03. The van der Waals surface area contributed by atoms with Crippen molar-refractivity contribution in [3.63, 3.8) is 0 Å². The number of nitrogens with zero attached hydrogens (tertiary/aromatic N) is 2. The number of hydrogen-bond donors (Lipinski definition) is 0. The lowest BCUT2D eigenvalue weighted by molar-refractivity contribution is -0.634. The molecule has 4 nitrogen and oxygen atoms in total. The lowest BCUT2D eigenvalue weighted by Gasteiger charge is -2.36. The van der Waals surface area contributed by atoms with Crippen LogP contribution in [0.25, 0.3) is 22.4 Å². The van der Waals surface area contributed by atoms with Crippen LogP contribution in [-0.2, 0) is 23.1 Å². The summed E-state index contributed by atoms with van der Waals surface area (Å²) >= 11 is 6.28. The van der Waals surface area contributed by atoms with E-state index < -0.39 is 0 Å². The minimum atomic E-state index is -0.172. The fourth-order valence-electron chi connectivity index (χ4n) is 5.11. The largest absolute Gasteiger partial charge is 0.459 e. The average molecular weight is 440 g/mol. The lowest BCUT2D eigenvalue weighted by Crippen LogP contribution is -2.37. The molecule has 1 unspecified atom stereocenters. The van der Waals surface area contributed by atoms with E-state index in [1.165, 1.54) is 6.42 Å². The molecule has 0 amide bonds. The van der Waals surface area contributed by atoms with E-state index in [1.807, 2.05) is 43.4 Å². The first-order valence-electron chi connectivity index (χ1n) is 11.3. The predicted octanol–water partition coefficient (Wildman–Crippen LogP) is 5.79. The summed E-state index contributed by atoms with van der Waals surface area (Å²) < 4.78 is 10.3. The molecule has 1 heterocycles. The number of carbonyl (C=O) groups excluding carboxylic acids is 1. The summed E-state index contributed by atoms with van der Waals surface area (Å²) in [5.74, 6) is 2.31. The van der Waals surface area contributed by atoms with E-state index in [2.05, 4.69) is 42.0 Å². The molecule has 1 aliphatic carbocycles. The molecular weight excluding hydrogens is 408 g/mol. The molecule has 31 heavy (non-hydrogen) atoms. The Hall–Kier alpha value is -2.33. The summed E-state index contributed by atoms with van der Waals surface area (Å²) in [5, 5.41) is 0.674. The van der Waals surface area contributed by atoms with Crippen LogP contribution in [0.3, 0.4) is 0 Å². The second-order valence-corrected chi connectivity index (χ2v) is 9.76. The maximum atomic E-state index is 13.2. The number of esters is 1. The molecule has 1 fully saturated rings. The molecule has 3 aromatic rings. The molecule has 0 radical (unpaired) electrons. The zero-order valence-electron chi connectivity index (χ0n) is 18.8. The first-order valence-corrected chi connectivity index (χ1v) is 11.7. The molecule has 1 saturated carbocycles. The van der Waals surface area contributed by atoms with Gasteiger partial charge in [-0.1, -0.05) is 57.0 Å². The minimum Gasteiger partial charge on any atom is -0.459 e. The van der Waals surface area contributed by atoms with Crippen LogP contribution in [0.5, 0.6) is 0 Å². The Balaban J connectivity index is 1.68. The van der Waals surface area contributed by atoms with Gasteiger partial charge in [0.2, 0.25) is 0 Å². The number of benzene rings is 2. The van der Waals surface area contributed by atoms with E-state index in [0.717, 1.165) is 35.3 Å². The topological polar surface area (TPSA) is 35.1 Å². The van der Waals surface area contributed by atoms with Gasteiger partial charge in [0.05, 0.1) is 12.6 Å². The number of aromatic nitrogens is 2. The lowest BCUT2D eigenvalue weighted by atomic mass is 9.75. The van der Waals surface area contributed by atoms with Gasteiger partial charge in [-0.05, 0) is 60.9 Å². The number of aryl methyl sites for hydroxylation is 1. The van der Waals surface area contributed by atoms with Gasteiger partial charge in [-0.3, -0.25) is 0 Å². The van der Waals surface area contributed by atoms with Crippen LogP contribution in [0, 0.1) is 17.8 Å². The molecule has 1 aliphatic rings. The molecule has 0 saturated heterocycles. The Labute approximate surface area is 189 Å². The highest BCUT2D eigenvalue weighted by molar-refractivity contribution is 6.30. The summed E-state index contributed by atoms with van der Waals surface area (Å²) in [6.45, 7) is 6.91. The third-order valence-corrected chi connectivity index (χ3v) is 6.96. The number of ether oxygens (including phenoxy) is 1. The van der Waals surface area contributed by atoms with E-state index in [9.17, 15) is 4.79 Å². The summed E-state index contributed by atoms with van der Waals surface area (Å²) in [5.41, 5.74) is 3.05. The Bertz CT molecular complexity index is 1090. The van der Waals surface area contributed by atoms with Crippen molar-refractivity contribution < 1.29 is 14.1 Å². The van der Waals surface area contributed by atoms with Gasteiger partial charge >= 0.3 is 5.97 Å². The molecule has 0 bridgehead atoms. The highest BCUT2D eigenvalue weighted by Gasteiger charge is 2.34. The van der Waals surface area contributed by atoms with Crippen molar-refractivity contribution in [1.82, 2.24) is 4.57 Å². The SMILES string of the molecule is CC(C)[C@@H]1CC[C@@H](C)CC1OC(=O)Cn1c(-c2cccc(Cl)c2)[n+](C)c2ccccc21. The van der Waals surface area contributed by atoms with Crippen LogP contribution >= 0.6 is 11.6 Å². The van der Waals surface area contributed by atoms with Crippen LogP contribution in [0.15, 0.2) is 48.5 Å². The molecule has 5 heteroatoms. The molecule has 2 aromatic carbocycles. The normalized spacial score (nSPS) is 21.5. The third-order valence-electron chi connectivity index (χ3n) is 6.72. The van der Waals surface area contributed by atoms with Crippen molar-refractivity contribution in [3.8, 4) is 11.4 Å². The van der Waals surface area contributed by atoms with Crippen molar-refractivity contribution in [1.29, 1.82) is 0 Å². The molecule has 0 spiro atoms. The molecule has 0 aliphatic heterocycles. The van der Waals surface area contributed by atoms with E-state index in [4.69, 9.17) is 16.3 Å². The fourth-order valence-corrected chi connectivity index (χ4v) is 5.30. The maximum Gasteiger partial charge on any atom is 0.348 e. The van der Waals surface area contributed by atoms with Crippen molar-refractivity contribution >= 4 is 28.6 Å². The van der Waals surface area contributed by atoms with Gasteiger partial charge in [-0.2, -0.15) is 0 Å². The Morgan fingerprint density at radius 3 is 2.71 bits per heavy atom. The average Bonchev–Trinajstić information content (AvgIpc) is 2.99. The number of hydrogen-bond acceptors (Lipinski definition) is 2. The standard InChI is InChI=1S/C26H32ClN2O2/c1-17(2)21-13-12-18(3)14-24(21)31-25(30)16-29-23-11-6-5-10-22(23)28(4)26(29)19-8-7-9-20(27)15-19/h5-11,15,17-18,21,24H,12-14,16H2,1-4H3/q+1/t18-,21+,24?/m1/s1. The van der Waals surface area contributed by atoms with Crippen LogP contribution in [0.4, 0.5) is 0 Å². The van der Waals surface area contributed by atoms with Gasteiger partial charge in [0, 0.05) is 5.02 Å². The van der Waals surface area contributed by atoms with E-state index in [1.54, 1.807) is 0 Å². The third kappa shape index (κ3) is 4.50. The van der Waals surface area contributed by atoms with E-state index in [0.29, 0.717) is 22.8 Å². The summed E-state index contributed by atoms with van der Waals surface area (Å²) in [6, 6.07) is 15.9. The number of halogens is 1. The number of rotatable bonds is 5. The first-order chi connectivity index (χ1) is 14.8. The minimum absolute atomic E-state index is 0.00134. The predicted molar refractivity (Wildman–Crippen MR) is 125 cm³/mol. The Kier molecular flexibility index (Phi) is 6.38. The maximum absolute atomic E-state index is 13.2. The van der Waals surface area contributed by atoms with Crippen molar-refractivity contribution in [2.24, 2.45) is 24.8 Å². The molecule has 164 valence electrons. The number of carbonyl (C=O) groups is 1. The number of fused-ring (bicyclic) bond motifs is 1. The van der Waals surface area contributed by atoms with Gasteiger partial charge < -0.3 is 4.74 Å². The Morgan fingerprint density at radius 1 is 1.19 bits per heavy atom. The van der Waals surface area contributed by atoms with Crippen LogP contribution in [0.2, 0.25) is 5.02 Å². The quantitative estimate of drug-likeness (QED) is 0.372. The van der Waals surface area contributed by atoms with Gasteiger partial charge in [0.1, 0.15) is 6.10 Å². The summed E-state index contributed by atoms with van der Waals surface area (Å²) in [6.07, 6.45) is 3.30. The first kappa shape index (κ1) is 21.9. The van der Waals surface area contributed by atoms with Crippen molar-refractivity contribution in [2.45, 2.75) is 52.7 Å². The van der Waals surface area contributed by atoms with Gasteiger partial charge in [0.15, 0.2) is 17.6 Å². The second-order valence-electron chi connectivity index (χ2n) is 9.32. The van der Waals surface area contributed by atoms with Gasteiger partial charge in [-0.25, -0.2) is 13.9 Å². The number of imidazole rings is 1. The zero-order valence-corrected chi connectivity index (χ0v) is 19.6. The fraction of sp³-hybridized carbons (Fsp3) is 0.462. The highest BCUT2D eigenvalue weighted by atomic mass is 35.5. The van der Waals surface area contributed by atoms with Crippen molar-refractivity contribution in [2.75, 3.05) is 0 Å². The van der Waals surface area contributed by atoms with E-state index >= 15 is 0 Å². The highest BCUT2D eigenvalue weighted by Crippen LogP contribution is 2.35. The molecular formula is C26H32ClN2O2+. The summed E-state index contributed by atoms with van der Waals surface area (Å²) in [4.78, 5) is 13.2. The van der Waals surface area contributed by atoms with Crippen LogP contribution in [0.1, 0.15) is 40.0 Å².